The van der Waals surface area contributed by atoms with Gasteiger partial charge in [0.25, 0.3) is 0 Å². The van der Waals surface area contributed by atoms with Crippen LogP contribution in [0.25, 0.3) is 0 Å². The Hall–Kier alpha value is -1.36. The van der Waals surface area contributed by atoms with E-state index < -0.39 is 21.7 Å². The summed E-state index contributed by atoms with van der Waals surface area (Å²) in [6.07, 6.45) is -2.89. The summed E-state index contributed by atoms with van der Waals surface area (Å²) in [6.45, 7) is 1.89. The normalized spacial score (nSPS) is 14.6. The number of alkyl halides is 3. The average Bonchev–Trinajstić information content (AvgIpc) is 2.89. The molecule has 1 aromatic rings. The molecular formula is C12H19F3N4O2S2. The third kappa shape index (κ3) is 7.64. The maximum absolute atomic E-state index is 12.5. The minimum Gasteiger partial charge on any atom is -0.354 e. The smallest absolute Gasteiger partial charge is 0.354 e. The second-order valence-corrected chi connectivity index (χ2v) is 8.22. The first kappa shape index (κ1) is 19.7. The van der Waals surface area contributed by atoms with Crippen LogP contribution < -0.4 is 10.6 Å². The van der Waals surface area contributed by atoms with Gasteiger partial charge in [-0.1, -0.05) is 0 Å². The molecule has 23 heavy (non-hydrogen) atoms. The van der Waals surface area contributed by atoms with Gasteiger partial charge in [0.15, 0.2) is 11.7 Å². The highest BCUT2D eigenvalue weighted by atomic mass is 32.2. The van der Waals surface area contributed by atoms with Crippen LogP contribution in [-0.2, 0) is 22.6 Å². The zero-order chi connectivity index (χ0) is 17.7. The van der Waals surface area contributed by atoms with Crippen molar-refractivity contribution < 1.29 is 21.6 Å². The molecule has 0 saturated heterocycles. The van der Waals surface area contributed by atoms with E-state index in [1.807, 2.05) is 0 Å². The summed E-state index contributed by atoms with van der Waals surface area (Å²) < 4.78 is 59.6. The van der Waals surface area contributed by atoms with Crippen molar-refractivity contribution in [2.24, 2.45) is 4.99 Å². The van der Waals surface area contributed by atoms with Crippen LogP contribution in [0.3, 0.4) is 0 Å². The van der Waals surface area contributed by atoms with E-state index in [0.29, 0.717) is 12.4 Å². The van der Waals surface area contributed by atoms with Crippen LogP contribution in [0.2, 0.25) is 0 Å². The van der Waals surface area contributed by atoms with E-state index >= 15 is 0 Å². The topological polar surface area (TPSA) is 83.4 Å². The van der Waals surface area contributed by atoms with Crippen molar-refractivity contribution in [1.82, 2.24) is 15.6 Å². The maximum Gasteiger partial charge on any atom is 0.434 e. The number of thiazole rings is 1. The molecule has 0 spiro atoms. The Morgan fingerprint density at radius 2 is 2.13 bits per heavy atom. The molecule has 2 N–H and O–H groups in total. The van der Waals surface area contributed by atoms with E-state index in [1.54, 1.807) is 6.92 Å². The number of rotatable bonds is 6. The standard InChI is InChI=1S/C12H19F3N4O2S2/c1-8(4-5-23(3,20)21)18-11(16-2)17-6-10-19-9(7-22-10)12(13,14)15/h7-8H,4-6H2,1-3H3,(H2,16,17,18). The van der Waals surface area contributed by atoms with Crippen molar-refractivity contribution in [3.63, 3.8) is 0 Å². The molecule has 0 aliphatic heterocycles. The van der Waals surface area contributed by atoms with E-state index in [0.717, 1.165) is 23.0 Å². The molecule has 0 radical (unpaired) electrons. The Labute approximate surface area is 137 Å². The summed E-state index contributed by atoms with van der Waals surface area (Å²) in [6, 6.07) is -0.155. The summed E-state index contributed by atoms with van der Waals surface area (Å²) in [4.78, 5) is 7.45. The van der Waals surface area contributed by atoms with Gasteiger partial charge in [0.05, 0.1) is 12.3 Å². The van der Waals surface area contributed by atoms with Crippen molar-refractivity contribution in [1.29, 1.82) is 0 Å². The fraction of sp³-hybridized carbons (Fsp3) is 0.667. The summed E-state index contributed by atoms with van der Waals surface area (Å²) >= 11 is 0.906. The number of nitrogens with zero attached hydrogens (tertiary/aromatic N) is 2. The number of hydrogen-bond donors (Lipinski definition) is 2. The highest BCUT2D eigenvalue weighted by Gasteiger charge is 2.33. The van der Waals surface area contributed by atoms with Crippen molar-refractivity contribution >= 4 is 27.1 Å². The van der Waals surface area contributed by atoms with Crippen LogP contribution in [-0.4, -0.2) is 44.5 Å². The number of hydrogen-bond acceptors (Lipinski definition) is 5. The number of aromatic nitrogens is 1. The Morgan fingerprint density at radius 1 is 1.48 bits per heavy atom. The van der Waals surface area contributed by atoms with Crippen molar-refractivity contribution in [2.45, 2.75) is 32.1 Å². The number of halogens is 3. The van der Waals surface area contributed by atoms with Crippen molar-refractivity contribution in [3.8, 4) is 0 Å². The monoisotopic (exact) mass is 372 g/mol. The summed E-state index contributed by atoms with van der Waals surface area (Å²) in [7, 11) is -1.53. The lowest BCUT2D eigenvalue weighted by molar-refractivity contribution is -0.140. The third-order valence-corrected chi connectivity index (χ3v) is 4.60. The van der Waals surface area contributed by atoms with Gasteiger partial charge in [-0.2, -0.15) is 13.2 Å². The Kier molecular flexibility index (Phi) is 6.81. The lowest BCUT2D eigenvalue weighted by Gasteiger charge is -2.17. The molecule has 0 amide bonds. The van der Waals surface area contributed by atoms with Gasteiger partial charge in [0.1, 0.15) is 14.8 Å². The van der Waals surface area contributed by atoms with Gasteiger partial charge in [-0.15, -0.1) is 11.3 Å². The molecule has 0 bridgehead atoms. The number of aliphatic imine (C=N–C) groups is 1. The molecule has 1 heterocycles. The molecule has 6 nitrogen and oxygen atoms in total. The van der Waals surface area contributed by atoms with Crippen LogP contribution >= 0.6 is 11.3 Å². The predicted molar refractivity (Wildman–Crippen MR) is 84.2 cm³/mol. The van der Waals surface area contributed by atoms with Crippen LogP contribution in [0.1, 0.15) is 24.0 Å². The molecule has 11 heteroatoms. The van der Waals surface area contributed by atoms with Crippen LogP contribution in [0.4, 0.5) is 13.2 Å². The molecule has 0 saturated carbocycles. The van der Waals surface area contributed by atoms with Crippen LogP contribution in [0, 0.1) is 0 Å². The van der Waals surface area contributed by atoms with Gasteiger partial charge >= 0.3 is 6.18 Å². The van der Waals surface area contributed by atoms with Gasteiger partial charge in [0, 0.05) is 24.7 Å². The predicted octanol–water partition coefficient (Wildman–Crippen LogP) is 1.65. The van der Waals surface area contributed by atoms with Gasteiger partial charge in [-0.3, -0.25) is 4.99 Å². The zero-order valence-electron chi connectivity index (χ0n) is 12.9. The molecule has 0 aliphatic rings. The lowest BCUT2D eigenvalue weighted by atomic mass is 10.3. The molecule has 1 unspecified atom stereocenters. The first-order chi connectivity index (χ1) is 10.5. The molecule has 1 aromatic heterocycles. The summed E-state index contributed by atoms with van der Waals surface area (Å²) in [5, 5.41) is 7.07. The fourth-order valence-electron chi connectivity index (χ4n) is 1.57. The van der Waals surface area contributed by atoms with E-state index in [-0.39, 0.29) is 23.3 Å². The number of guanidine groups is 1. The van der Waals surface area contributed by atoms with Crippen molar-refractivity contribution in [2.75, 3.05) is 19.1 Å². The van der Waals surface area contributed by atoms with E-state index in [9.17, 15) is 21.6 Å². The molecule has 1 rings (SSSR count). The van der Waals surface area contributed by atoms with Gasteiger partial charge in [-0.25, -0.2) is 13.4 Å². The number of sulfone groups is 1. The summed E-state index contributed by atoms with van der Waals surface area (Å²) in [5.41, 5.74) is -0.913. The SMILES string of the molecule is CN=C(NCc1nc(C(F)(F)F)cs1)NC(C)CCS(C)(=O)=O. The van der Waals surface area contributed by atoms with Gasteiger partial charge in [-0.05, 0) is 13.3 Å². The second kappa shape index (κ2) is 7.95. The molecule has 132 valence electrons. The summed E-state index contributed by atoms with van der Waals surface area (Å²) in [5.74, 6) is 0.411. The minimum absolute atomic E-state index is 0.0413. The number of nitrogens with one attached hydrogen (secondary N) is 2. The second-order valence-electron chi connectivity index (χ2n) is 5.01. The third-order valence-electron chi connectivity index (χ3n) is 2.78. The first-order valence-corrected chi connectivity index (χ1v) is 9.62. The van der Waals surface area contributed by atoms with Crippen molar-refractivity contribution in [3.05, 3.63) is 16.1 Å². The minimum atomic E-state index is -4.45. The molecule has 0 aromatic carbocycles. The van der Waals surface area contributed by atoms with E-state index in [1.165, 1.54) is 7.05 Å². The van der Waals surface area contributed by atoms with Gasteiger partial charge in [0.2, 0.25) is 0 Å². The van der Waals surface area contributed by atoms with E-state index in [4.69, 9.17) is 0 Å². The Morgan fingerprint density at radius 3 is 2.61 bits per heavy atom. The fourth-order valence-corrected chi connectivity index (χ4v) is 3.09. The zero-order valence-corrected chi connectivity index (χ0v) is 14.6. The van der Waals surface area contributed by atoms with E-state index in [2.05, 4.69) is 20.6 Å². The molecular weight excluding hydrogens is 353 g/mol. The maximum atomic E-state index is 12.5. The Balaban J connectivity index is 2.50. The largest absolute Gasteiger partial charge is 0.434 e. The highest BCUT2D eigenvalue weighted by Crippen LogP contribution is 2.29. The van der Waals surface area contributed by atoms with Gasteiger partial charge < -0.3 is 10.6 Å². The molecule has 1 atom stereocenters. The Bertz CT molecular complexity index is 641. The lowest BCUT2D eigenvalue weighted by Crippen LogP contribution is -2.42. The average molecular weight is 372 g/mol. The van der Waals surface area contributed by atoms with Crippen LogP contribution in [0.5, 0.6) is 0 Å². The quantitative estimate of drug-likeness (QED) is 0.586. The highest BCUT2D eigenvalue weighted by molar-refractivity contribution is 7.90. The van der Waals surface area contributed by atoms with Crippen LogP contribution in [0.15, 0.2) is 10.4 Å². The first-order valence-electron chi connectivity index (χ1n) is 6.68. The molecule has 0 aliphatic carbocycles. The molecule has 0 fully saturated rings.